The Morgan fingerprint density at radius 1 is 0.736 bits per heavy atom. The second-order valence-corrected chi connectivity index (χ2v) is 12.5. The lowest BCUT2D eigenvalue weighted by Gasteiger charge is -2.16. The average Bonchev–Trinajstić information content (AvgIpc) is 3.81. The van der Waals surface area contributed by atoms with Crippen molar-refractivity contribution in [2.45, 2.75) is 129 Å². The highest BCUT2D eigenvalue weighted by molar-refractivity contribution is 5.70. The molecule has 3 aliphatic heterocycles. The number of nitrogens with zero attached hydrogens (tertiary/aromatic N) is 9. The number of esters is 2. The summed E-state index contributed by atoms with van der Waals surface area (Å²) in [5.74, 6) is -2.16. The normalized spacial score (nSPS) is 22.2. The molecule has 0 amide bonds. The van der Waals surface area contributed by atoms with Crippen LogP contribution in [0.5, 0.6) is 0 Å². The summed E-state index contributed by atoms with van der Waals surface area (Å²) in [7, 11) is 0. The van der Waals surface area contributed by atoms with Crippen molar-refractivity contribution in [3.05, 3.63) is 31.3 Å². The maximum atomic E-state index is 11.0. The van der Waals surface area contributed by atoms with Gasteiger partial charge in [-0.25, -0.2) is 0 Å². The number of aliphatic hydroxyl groups excluding tert-OH is 3. The Morgan fingerprint density at radius 3 is 1.53 bits per heavy atom. The SMILES string of the molecule is CC1(C)OCC(CN=[N+]=[N-])O1.CC1(C)OCC(CO)O1.CCC(=O)OCC(CN=[N+]=[N-])OC(=O)CC.CCC1COC(C)(C)O1.[N-]=[N+]=NCC(O)CO. The zero-order valence-corrected chi connectivity index (χ0v) is 32.3. The number of hydrogen-bond acceptors (Lipinski definition) is 16. The Morgan fingerprint density at radius 2 is 1.19 bits per heavy atom. The van der Waals surface area contributed by atoms with E-state index in [1.54, 1.807) is 13.8 Å². The molecule has 306 valence electrons. The van der Waals surface area contributed by atoms with Crippen LogP contribution in [0.2, 0.25) is 0 Å². The van der Waals surface area contributed by atoms with Gasteiger partial charge < -0.3 is 53.2 Å². The molecule has 0 aromatic heterocycles. The Labute approximate surface area is 310 Å². The van der Waals surface area contributed by atoms with Gasteiger partial charge in [-0.3, -0.25) is 9.59 Å². The Kier molecular flexibility index (Phi) is 28.2. The van der Waals surface area contributed by atoms with Crippen molar-refractivity contribution >= 4 is 11.9 Å². The van der Waals surface area contributed by atoms with Crippen molar-refractivity contribution in [1.29, 1.82) is 0 Å². The summed E-state index contributed by atoms with van der Waals surface area (Å²) >= 11 is 0. The van der Waals surface area contributed by atoms with Gasteiger partial charge in [0.05, 0.1) is 71.0 Å². The van der Waals surface area contributed by atoms with Gasteiger partial charge >= 0.3 is 11.9 Å². The lowest BCUT2D eigenvalue weighted by Crippen LogP contribution is -2.27. The molecule has 0 spiro atoms. The van der Waals surface area contributed by atoms with Crippen LogP contribution in [-0.4, -0.2) is 134 Å². The quantitative estimate of drug-likeness (QED) is 0.0959. The lowest BCUT2D eigenvalue weighted by atomic mass is 10.3. The van der Waals surface area contributed by atoms with Gasteiger partial charge in [-0.15, -0.1) is 0 Å². The standard InChI is InChI=1S/C9H15N3O4.C7H14O2.C6H11N3O2.C6H12O3.C3H7N3O2/c1-3-8(13)15-6-7(5-11-12-10)16-9(14)4-2;1-4-6-5-8-7(2,3)9-6;1-6(2)10-4-5(11-6)3-8-9-7;1-6(2)8-4-5(3-7)9-6;4-6-5-1-3(8)2-7/h7H,3-6H2,1-2H3;6H,4-5H2,1-3H3;5H,3-4H2,1-2H3;5,7H,3-4H2,1-2H3;3,7-8H,1-2H2. The van der Waals surface area contributed by atoms with E-state index in [2.05, 4.69) is 37.0 Å². The topological polar surface area (TPSA) is 315 Å². The maximum absolute atomic E-state index is 11.0. The fourth-order valence-corrected chi connectivity index (χ4v) is 3.80. The molecule has 3 saturated heterocycles. The first-order valence-corrected chi connectivity index (χ1v) is 17.1. The molecule has 22 heteroatoms. The monoisotopic (exact) mass is 765 g/mol. The molecule has 0 aromatic rings. The minimum atomic E-state index is -0.911. The van der Waals surface area contributed by atoms with Crippen molar-refractivity contribution in [3.63, 3.8) is 0 Å². The van der Waals surface area contributed by atoms with E-state index in [0.717, 1.165) is 13.0 Å². The van der Waals surface area contributed by atoms with Crippen molar-refractivity contribution < 1.29 is 62.8 Å². The van der Waals surface area contributed by atoms with Crippen molar-refractivity contribution in [1.82, 2.24) is 0 Å². The summed E-state index contributed by atoms with van der Waals surface area (Å²) in [6.45, 7) is 18.2. The second kappa shape index (κ2) is 28.9. The van der Waals surface area contributed by atoms with Crippen molar-refractivity contribution in [2.24, 2.45) is 15.3 Å². The molecule has 3 heterocycles. The van der Waals surface area contributed by atoms with Crippen LogP contribution in [0.4, 0.5) is 0 Å². The predicted octanol–water partition coefficient (Wildman–Crippen LogP) is 4.35. The Bertz CT molecular complexity index is 1150. The smallest absolute Gasteiger partial charge is 0.305 e. The van der Waals surface area contributed by atoms with Crippen LogP contribution in [-0.2, 0) is 47.5 Å². The fourth-order valence-electron chi connectivity index (χ4n) is 3.80. The molecule has 0 aromatic carbocycles. The van der Waals surface area contributed by atoms with Crippen molar-refractivity contribution in [2.75, 3.05) is 59.3 Å². The van der Waals surface area contributed by atoms with Crippen LogP contribution >= 0.6 is 0 Å². The van der Waals surface area contributed by atoms with Crippen LogP contribution in [0, 0.1) is 0 Å². The van der Waals surface area contributed by atoms with E-state index in [1.165, 1.54) is 0 Å². The van der Waals surface area contributed by atoms with Gasteiger partial charge in [0, 0.05) is 27.6 Å². The number of carbonyl (C=O) groups excluding carboxylic acids is 2. The number of ether oxygens (including phenoxy) is 8. The van der Waals surface area contributed by atoms with E-state index in [4.69, 9.17) is 69.8 Å². The highest BCUT2D eigenvalue weighted by Gasteiger charge is 2.33. The summed E-state index contributed by atoms with van der Waals surface area (Å²) in [5.41, 5.74) is 23.8. The average molecular weight is 766 g/mol. The van der Waals surface area contributed by atoms with Crippen LogP contribution in [0.3, 0.4) is 0 Å². The predicted molar refractivity (Wildman–Crippen MR) is 189 cm³/mol. The lowest BCUT2D eigenvalue weighted by molar-refractivity contribution is -0.158. The zero-order chi connectivity index (χ0) is 40.9. The van der Waals surface area contributed by atoms with Crippen molar-refractivity contribution in [3.8, 4) is 0 Å². The van der Waals surface area contributed by atoms with Gasteiger partial charge in [-0.05, 0) is 64.6 Å². The summed E-state index contributed by atoms with van der Waals surface area (Å²) in [5, 5.41) is 34.9. The minimum absolute atomic E-state index is 0.0424. The second-order valence-electron chi connectivity index (χ2n) is 12.5. The third kappa shape index (κ3) is 28.7. The summed E-state index contributed by atoms with van der Waals surface area (Å²) in [6.07, 6.45) is -0.000836. The minimum Gasteiger partial charge on any atom is -0.462 e. The molecule has 3 fully saturated rings. The summed E-state index contributed by atoms with van der Waals surface area (Å²) < 4.78 is 41.5. The molecule has 3 N–H and O–H groups in total. The van der Waals surface area contributed by atoms with Gasteiger partial charge in [0.15, 0.2) is 17.4 Å². The molecule has 5 atom stereocenters. The van der Waals surface area contributed by atoms with E-state index in [-0.39, 0.29) is 63.7 Å². The molecule has 3 rings (SSSR count). The molecule has 3 aliphatic rings. The van der Waals surface area contributed by atoms with Gasteiger partial charge in [0.25, 0.3) is 0 Å². The Hall–Kier alpha value is -3.49. The number of carbonyl (C=O) groups is 2. The number of azide groups is 3. The molecule has 0 radical (unpaired) electrons. The van der Waals surface area contributed by atoms with E-state index in [1.807, 2.05) is 41.5 Å². The number of aliphatic hydroxyl groups is 3. The number of rotatable bonds is 14. The first-order valence-electron chi connectivity index (χ1n) is 17.1. The Balaban J connectivity index is 0. The van der Waals surface area contributed by atoms with Gasteiger partial charge in [-0.2, -0.15) is 0 Å². The van der Waals surface area contributed by atoms with E-state index < -0.39 is 35.7 Å². The van der Waals surface area contributed by atoms with Crippen LogP contribution in [0.1, 0.15) is 81.6 Å². The van der Waals surface area contributed by atoms with Gasteiger partial charge in [0.2, 0.25) is 0 Å². The van der Waals surface area contributed by atoms with E-state index >= 15 is 0 Å². The fraction of sp³-hybridized carbons (Fsp3) is 0.935. The molecule has 53 heavy (non-hydrogen) atoms. The molecular weight excluding hydrogens is 706 g/mol. The maximum Gasteiger partial charge on any atom is 0.305 e. The molecule has 0 saturated carbocycles. The third-order valence-electron chi connectivity index (χ3n) is 6.43. The summed E-state index contributed by atoms with van der Waals surface area (Å²) in [6, 6.07) is 0. The highest BCUT2D eigenvalue weighted by Crippen LogP contribution is 2.24. The summed E-state index contributed by atoms with van der Waals surface area (Å²) in [4.78, 5) is 29.4. The zero-order valence-electron chi connectivity index (χ0n) is 32.3. The van der Waals surface area contributed by atoms with E-state index in [9.17, 15) is 9.59 Å². The largest absolute Gasteiger partial charge is 0.462 e. The van der Waals surface area contributed by atoms with Gasteiger partial charge in [-0.1, -0.05) is 36.1 Å². The third-order valence-corrected chi connectivity index (χ3v) is 6.43. The first-order chi connectivity index (χ1) is 24.9. The number of hydrogen-bond donors (Lipinski definition) is 3. The van der Waals surface area contributed by atoms with Crippen LogP contribution in [0.15, 0.2) is 15.3 Å². The van der Waals surface area contributed by atoms with E-state index in [0.29, 0.717) is 25.9 Å². The molecule has 0 aliphatic carbocycles. The van der Waals surface area contributed by atoms with Crippen LogP contribution < -0.4 is 0 Å². The molecular formula is C31H59N9O13. The van der Waals surface area contributed by atoms with Crippen LogP contribution in [0.25, 0.3) is 31.3 Å². The highest BCUT2D eigenvalue weighted by atomic mass is 16.8. The first kappa shape index (κ1) is 51.6. The van der Waals surface area contributed by atoms with Gasteiger partial charge in [0.1, 0.15) is 18.8 Å². The molecule has 22 nitrogen and oxygen atoms in total. The molecule has 0 bridgehead atoms. The molecule has 5 unspecified atom stereocenters.